The molecule has 0 unspecified atom stereocenters. The van der Waals surface area contributed by atoms with Gasteiger partial charge in [0.2, 0.25) is 11.8 Å². The van der Waals surface area contributed by atoms with Crippen molar-refractivity contribution in [3.8, 4) is 0 Å². The van der Waals surface area contributed by atoms with E-state index in [1.807, 2.05) is 4.90 Å². The molecule has 0 spiro atoms. The fourth-order valence-electron chi connectivity index (χ4n) is 3.36. The Kier molecular flexibility index (Phi) is 5.82. The molecular weight excluding hydrogens is 360 g/mol. The summed E-state index contributed by atoms with van der Waals surface area (Å²) >= 11 is 1.33. The van der Waals surface area contributed by atoms with Gasteiger partial charge in [0.15, 0.2) is 0 Å². The summed E-state index contributed by atoms with van der Waals surface area (Å²) in [5.41, 5.74) is 0.282. The first-order valence-electron chi connectivity index (χ1n) is 8.87. The molecule has 142 valence electrons. The quantitative estimate of drug-likeness (QED) is 0.830. The first-order chi connectivity index (χ1) is 12.4. The van der Waals surface area contributed by atoms with E-state index < -0.39 is 17.0 Å². The van der Waals surface area contributed by atoms with Gasteiger partial charge in [0.05, 0.1) is 38.5 Å². The number of hydrogen-bond acceptors (Lipinski definition) is 3. The summed E-state index contributed by atoms with van der Waals surface area (Å²) in [5, 5.41) is -0.838. The summed E-state index contributed by atoms with van der Waals surface area (Å²) in [7, 11) is 2.10. The summed E-state index contributed by atoms with van der Waals surface area (Å²) in [6.45, 7) is 5.30. The molecular formula is C18H24F2N3O2S+. The lowest BCUT2D eigenvalue weighted by molar-refractivity contribution is -0.883. The van der Waals surface area contributed by atoms with Gasteiger partial charge in [-0.15, -0.1) is 11.8 Å². The van der Waals surface area contributed by atoms with Crippen LogP contribution in [0.4, 0.5) is 8.78 Å². The third-order valence-corrected chi connectivity index (χ3v) is 6.39. The molecule has 2 atom stereocenters. The molecule has 3 rings (SSSR count). The summed E-state index contributed by atoms with van der Waals surface area (Å²) in [5.74, 6) is -1.40. The van der Waals surface area contributed by atoms with Gasteiger partial charge in [0, 0.05) is 24.6 Å². The van der Waals surface area contributed by atoms with Crippen molar-refractivity contribution in [1.29, 1.82) is 0 Å². The Bertz CT molecular complexity index is 695. The smallest absolute Gasteiger partial charge is 0.236 e. The third-order valence-electron chi connectivity index (χ3n) is 5.01. The Labute approximate surface area is 156 Å². The SMILES string of the molecule is C[C@H]1S[C@@H](c2ccc(F)cc2F)N(CCC(=O)N2CC[NH+](C)CC2)C1=O. The first kappa shape index (κ1) is 19.1. The summed E-state index contributed by atoms with van der Waals surface area (Å²) in [4.78, 5) is 29.7. The number of nitrogens with zero attached hydrogens (tertiary/aromatic N) is 2. The zero-order valence-electron chi connectivity index (χ0n) is 15.0. The van der Waals surface area contributed by atoms with Crippen LogP contribution in [0.1, 0.15) is 24.3 Å². The van der Waals surface area contributed by atoms with Crippen molar-refractivity contribution < 1.29 is 23.3 Å². The molecule has 2 aliphatic rings. The molecule has 2 amide bonds. The minimum Gasteiger partial charge on any atom is -0.334 e. The molecule has 0 radical (unpaired) electrons. The first-order valence-corrected chi connectivity index (χ1v) is 9.81. The van der Waals surface area contributed by atoms with E-state index in [0.29, 0.717) is 0 Å². The lowest BCUT2D eigenvalue weighted by Crippen LogP contribution is -3.12. The predicted molar refractivity (Wildman–Crippen MR) is 95.7 cm³/mol. The van der Waals surface area contributed by atoms with E-state index in [-0.39, 0.29) is 35.6 Å². The average molecular weight is 384 g/mol. The van der Waals surface area contributed by atoms with Crippen molar-refractivity contribution in [2.75, 3.05) is 39.8 Å². The number of thioether (sulfide) groups is 1. The van der Waals surface area contributed by atoms with E-state index >= 15 is 0 Å². The number of hydrogen-bond donors (Lipinski definition) is 1. The van der Waals surface area contributed by atoms with Gasteiger partial charge >= 0.3 is 0 Å². The monoisotopic (exact) mass is 384 g/mol. The van der Waals surface area contributed by atoms with Crippen LogP contribution in [0.3, 0.4) is 0 Å². The topological polar surface area (TPSA) is 45.1 Å². The van der Waals surface area contributed by atoms with Gasteiger partial charge in [-0.05, 0) is 13.0 Å². The highest BCUT2D eigenvalue weighted by Gasteiger charge is 2.40. The second-order valence-electron chi connectivity index (χ2n) is 6.92. The highest BCUT2D eigenvalue weighted by Crippen LogP contribution is 2.43. The molecule has 2 fully saturated rings. The lowest BCUT2D eigenvalue weighted by Gasteiger charge is -2.31. The van der Waals surface area contributed by atoms with Crippen LogP contribution in [-0.2, 0) is 9.59 Å². The van der Waals surface area contributed by atoms with Crippen molar-refractivity contribution in [2.24, 2.45) is 0 Å². The van der Waals surface area contributed by atoms with Crippen LogP contribution in [-0.4, -0.2) is 66.6 Å². The molecule has 2 saturated heterocycles. The van der Waals surface area contributed by atoms with Gasteiger partial charge < -0.3 is 14.7 Å². The van der Waals surface area contributed by atoms with Crippen molar-refractivity contribution >= 4 is 23.6 Å². The van der Waals surface area contributed by atoms with Crippen LogP contribution in [0, 0.1) is 11.6 Å². The molecule has 1 aromatic carbocycles. The summed E-state index contributed by atoms with van der Waals surface area (Å²) in [6, 6.07) is 3.41. The molecule has 2 heterocycles. The maximum Gasteiger partial charge on any atom is 0.236 e. The molecule has 5 nitrogen and oxygen atoms in total. The van der Waals surface area contributed by atoms with E-state index in [4.69, 9.17) is 0 Å². The van der Waals surface area contributed by atoms with Crippen molar-refractivity contribution in [3.63, 3.8) is 0 Å². The van der Waals surface area contributed by atoms with E-state index in [1.54, 1.807) is 11.8 Å². The molecule has 0 aliphatic carbocycles. The summed E-state index contributed by atoms with van der Waals surface area (Å²) < 4.78 is 27.4. The molecule has 1 aromatic rings. The second-order valence-corrected chi connectivity index (χ2v) is 8.34. The van der Waals surface area contributed by atoms with Crippen molar-refractivity contribution in [3.05, 3.63) is 35.4 Å². The highest BCUT2D eigenvalue weighted by atomic mass is 32.2. The predicted octanol–water partition coefficient (Wildman–Crippen LogP) is 0.674. The van der Waals surface area contributed by atoms with Crippen LogP contribution in [0.2, 0.25) is 0 Å². The molecule has 8 heteroatoms. The zero-order valence-corrected chi connectivity index (χ0v) is 15.8. The zero-order chi connectivity index (χ0) is 18.8. The van der Waals surface area contributed by atoms with Gasteiger partial charge in [-0.1, -0.05) is 6.07 Å². The highest BCUT2D eigenvalue weighted by molar-refractivity contribution is 8.01. The number of benzene rings is 1. The van der Waals surface area contributed by atoms with Crippen LogP contribution in [0.25, 0.3) is 0 Å². The number of halogens is 2. The standard InChI is InChI=1S/C18H23F2N3O2S/c1-12-17(25)23(6-5-16(24)22-9-7-21(2)8-10-22)18(26-12)14-4-3-13(19)11-15(14)20/h3-4,11-12,18H,5-10H2,1-2H3/p+1/t12-,18+/m1/s1. The van der Waals surface area contributed by atoms with Gasteiger partial charge in [-0.25, -0.2) is 8.78 Å². The number of piperazine rings is 1. The molecule has 0 saturated carbocycles. The van der Waals surface area contributed by atoms with Crippen LogP contribution < -0.4 is 4.90 Å². The number of quaternary nitrogens is 1. The van der Waals surface area contributed by atoms with E-state index in [1.165, 1.54) is 28.8 Å². The number of likely N-dealkylation sites (N-methyl/N-ethyl adjacent to an activating group) is 1. The number of carbonyl (C=O) groups is 2. The van der Waals surface area contributed by atoms with Crippen LogP contribution >= 0.6 is 11.8 Å². The number of nitrogens with one attached hydrogen (secondary N) is 1. The van der Waals surface area contributed by atoms with Gasteiger partial charge in [-0.2, -0.15) is 0 Å². The Morgan fingerprint density at radius 2 is 2.00 bits per heavy atom. The Balaban J connectivity index is 1.68. The molecule has 2 aliphatic heterocycles. The number of rotatable bonds is 4. The molecule has 0 aromatic heterocycles. The lowest BCUT2D eigenvalue weighted by atomic mass is 10.1. The third kappa shape index (κ3) is 4.01. The fraction of sp³-hybridized carbons (Fsp3) is 0.556. The van der Waals surface area contributed by atoms with Gasteiger partial charge in [0.1, 0.15) is 17.0 Å². The Hall–Kier alpha value is -1.67. The minimum absolute atomic E-state index is 0.0215. The Morgan fingerprint density at radius 3 is 2.65 bits per heavy atom. The number of carbonyl (C=O) groups excluding carboxylic acids is 2. The largest absolute Gasteiger partial charge is 0.334 e. The molecule has 26 heavy (non-hydrogen) atoms. The maximum absolute atomic E-state index is 14.2. The summed E-state index contributed by atoms with van der Waals surface area (Å²) in [6.07, 6.45) is 0.220. The molecule has 1 N–H and O–H groups in total. The normalized spacial score (nSPS) is 24.4. The van der Waals surface area contributed by atoms with Gasteiger partial charge in [-0.3, -0.25) is 9.59 Å². The average Bonchev–Trinajstić information content (AvgIpc) is 2.88. The minimum atomic E-state index is -0.664. The van der Waals surface area contributed by atoms with E-state index in [9.17, 15) is 18.4 Å². The van der Waals surface area contributed by atoms with Crippen LogP contribution in [0.5, 0.6) is 0 Å². The fourth-order valence-corrected chi connectivity index (χ4v) is 4.69. The van der Waals surface area contributed by atoms with Crippen molar-refractivity contribution in [2.45, 2.75) is 24.0 Å². The number of amides is 2. The van der Waals surface area contributed by atoms with E-state index in [0.717, 1.165) is 32.2 Å². The van der Waals surface area contributed by atoms with Crippen LogP contribution in [0.15, 0.2) is 18.2 Å². The molecule has 0 bridgehead atoms. The Morgan fingerprint density at radius 1 is 1.31 bits per heavy atom. The maximum atomic E-state index is 14.2. The van der Waals surface area contributed by atoms with Crippen molar-refractivity contribution in [1.82, 2.24) is 9.80 Å². The van der Waals surface area contributed by atoms with Gasteiger partial charge in [0.25, 0.3) is 0 Å². The second kappa shape index (κ2) is 7.92. The van der Waals surface area contributed by atoms with E-state index in [2.05, 4.69) is 7.05 Å².